The number of pyridine rings is 1. The summed E-state index contributed by atoms with van der Waals surface area (Å²) in [7, 11) is 1.59. The molecule has 0 aliphatic rings. The van der Waals surface area contributed by atoms with Gasteiger partial charge in [0.15, 0.2) is 0 Å². The zero-order valence-corrected chi connectivity index (χ0v) is 10.6. The van der Waals surface area contributed by atoms with Crippen molar-refractivity contribution < 1.29 is 14.6 Å². The van der Waals surface area contributed by atoms with E-state index in [0.29, 0.717) is 5.75 Å². The second-order valence-electron chi connectivity index (χ2n) is 4.43. The fourth-order valence-electron chi connectivity index (χ4n) is 2.11. The van der Waals surface area contributed by atoms with E-state index >= 15 is 0 Å². The Bertz CT molecular complexity index is 605. The molecule has 0 saturated heterocycles. The molecule has 1 heterocycles. The van der Waals surface area contributed by atoms with Gasteiger partial charge in [0, 0.05) is 17.6 Å². The average molecular weight is 245 g/mol. The number of ether oxygens (including phenoxy) is 1. The van der Waals surface area contributed by atoms with Crippen LogP contribution in [0, 0.1) is 0 Å². The van der Waals surface area contributed by atoms with Crippen molar-refractivity contribution in [3.8, 4) is 5.75 Å². The molecule has 1 aromatic heterocycles. The number of hydrogen-bond acceptors (Lipinski definition) is 3. The van der Waals surface area contributed by atoms with Crippen molar-refractivity contribution in [3.05, 3.63) is 35.5 Å². The third kappa shape index (κ3) is 2.01. The molecule has 0 fully saturated rings. The SMILES string of the molecule is COc1ccc2c(C(C)C)c(C(=O)O)cnc2c1. The number of benzene rings is 1. The van der Waals surface area contributed by atoms with Crippen LogP contribution >= 0.6 is 0 Å². The summed E-state index contributed by atoms with van der Waals surface area (Å²) in [6, 6.07) is 5.50. The molecule has 0 spiro atoms. The zero-order chi connectivity index (χ0) is 13.3. The lowest BCUT2D eigenvalue weighted by atomic mass is 9.94. The lowest BCUT2D eigenvalue weighted by molar-refractivity contribution is 0.0695. The van der Waals surface area contributed by atoms with E-state index in [-0.39, 0.29) is 11.5 Å². The fraction of sp³-hybridized carbons (Fsp3) is 0.286. The van der Waals surface area contributed by atoms with Gasteiger partial charge in [0.05, 0.1) is 18.2 Å². The van der Waals surface area contributed by atoms with Gasteiger partial charge in [0.25, 0.3) is 0 Å². The van der Waals surface area contributed by atoms with Gasteiger partial charge in [-0.05, 0) is 23.6 Å². The molecule has 0 aliphatic heterocycles. The lowest BCUT2D eigenvalue weighted by Crippen LogP contribution is -2.06. The van der Waals surface area contributed by atoms with Crippen LogP contribution < -0.4 is 4.74 Å². The number of hydrogen-bond donors (Lipinski definition) is 1. The molecular formula is C14H15NO3. The summed E-state index contributed by atoms with van der Waals surface area (Å²) in [5.41, 5.74) is 1.83. The number of carbonyl (C=O) groups is 1. The number of carboxylic acid groups (broad SMARTS) is 1. The van der Waals surface area contributed by atoms with Crippen molar-refractivity contribution in [1.82, 2.24) is 4.98 Å². The summed E-state index contributed by atoms with van der Waals surface area (Å²) in [6.45, 7) is 3.96. The quantitative estimate of drug-likeness (QED) is 0.902. The number of aromatic carboxylic acids is 1. The molecule has 2 rings (SSSR count). The number of methoxy groups -OCH3 is 1. The average Bonchev–Trinajstić information content (AvgIpc) is 2.36. The van der Waals surface area contributed by atoms with Gasteiger partial charge >= 0.3 is 5.97 Å². The van der Waals surface area contributed by atoms with Crippen LogP contribution in [0.5, 0.6) is 5.75 Å². The first-order chi connectivity index (χ1) is 8.54. The fourth-order valence-corrected chi connectivity index (χ4v) is 2.11. The Morgan fingerprint density at radius 2 is 2.11 bits per heavy atom. The zero-order valence-electron chi connectivity index (χ0n) is 10.6. The molecule has 4 heteroatoms. The van der Waals surface area contributed by atoms with Crippen LogP contribution in [0.25, 0.3) is 10.9 Å². The molecule has 1 aromatic carbocycles. The highest BCUT2D eigenvalue weighted by Gasteiger charge is 2.17. The van der Waals surface area contributed by atoms with Crippen LogP contribution in [0.2, 0.25) is 0 Å². The Kier molecular flexibility index (Phi) is 3.19. The summed E-state index contributed by atoms with van der Waals surface area (Å²) in [5.74, 6) is -0.105. The van der Waals surface area contributed by atoms with E-state index < -0.39 is 5.97 Å². The minimum atomic E-state index is -0.941. The van der Waals surface area contributed by atoms with Crippen LogP contribution in [-0.4, -0.2) is 23.2 Å². The van der Waals surface area contributed by atoms with E-state index in [1.807, 2.05) is 32.0 Å². The van der Waals surface area contributed by atoms with E-state index in [2.05, 4.69) is 4.98 Å². The Balaban J connectivity index is 2.78. The summed E-state index contributed by atoms with van der Waals surface area (Å²) in [5, 5.41) is 10.1. The van der Waals surface area contributed by atoms with Crippen molar-refractivity contribution in [2.24, 2.45) is 0 Å². The maximum absolute atomic E-state index is 11.2. The van der Waals surface area contributed by atoms with Crippen molar-refractivity contribution >= 4 is 16.9 Å². The first-order valence-electron chi connectivity index (χ1n) is 5.74. The molecule has 0 aliphatic carbocycles. The second kappa shape index (κ2) is 4.64. The summed E-state index contributed by atoms with van der Waals surface area (Å²) in [6.07, 6.45) is 1.42. The van der Waals surface area contributed by atoms with Gasteiger partial charge in [0.2, 0.25) is 0 Å². The van der Waals surface area contributed by atoms with Gasteiger partial charge in [-0.2, -0.15) is 0 Å². The van der Waals surface area contributed by atoms with E-state index in [4.69, 9.17) is 4.74 Å². The Hall–Kier alpha value is -2.10. The van der Waals surface area contributed by atoms with Crippen molar-refractivity contribution in [1.29, 1.82) is 0 Å². The van der Waals surface area contributed by atoms with Gasteiger partial charge in [-0.15, -0.1) is 0 Å². The highest BCUT2D eigenvalue weighted by Crippen LogP contribution is 2.29. The summed E-state index contributed by atoms with van der Waals surface area (Å²) >= 11 is 0. The highest BCUT2D eigenvalue weighted by molar-refractivity contribution is 5.96. The smallest absolute Gasteiger partial charge is 0.337 e. The number of nitrogens with zero attached hydrogens (tertiary/aromatic N) is 1. The molecule has 0 radical (unpaired) electrons. The van der Waals surface area contributed by atoms with E-state index in [0.717, 1.165) is 16.5 Å². The van der Waals surface area contributed by atoms with Gasteiger partial charge in [-0.25, -0.2) is 4.79 Å². The number of carboxylic acids is 1. The third-order valence-electron chi connectivity index (χ3n) is 2.93. The lowest BCUT2D eigenvalue weighted by Gasteiger charge is -2.13. The number of fused-ring (bicyclic) bond motifs is 1. The Labute approximate surface area is 105 Å². The summed E-state index contributed by atoms with van der Waals surface area (Å²) < 4.78 is 5.14. The van der Waals surface area contributed by atoms with Crippen LogP contribution in [-0.2, 0) is 0 Å². The first-order valence-corrected chi connectivity index (χ1v) is 5.74. The van der Waals surface area contributed by atoms with E-state index in [9.17, 15) is 9.90 Å². The van der Waals surface area contributed by atoms with Crippen LogP contribution in [0.4, 0.5) is 0 Å². The van der Waals surface area contributed by atoms with Crippen molar-refractivity contribution in [2.45, 2.75) is 19.8 Å². The molecule has 0 saturated carbocycles. The minimum absolute atomic E-state index is 0.120. The predicted molar refractivity (Wildman–Crippen MR) is 69.3 cm³/mol. The maximum Gasteiger partial charge on any atom is 0.337 e. The monoisotopic (exact) mass is 245 g/mol. The standard InChI is InChI=1S/C14H15NO3/c1-8(2)13-10-5-4-9(18-3)6-12(10)15-7-11(13)14(16)17/h4-8H,1-3H3,(H,16,17). The molecule has 4 nitrogen and oxygen atoms in total. The maximum atomic E-state index is 11.2. The number of rotatable bonds is 3. The molecule has 0 bridgehead atoms. The molecular weight excluding hydrogens is 230 g/mol. The molecule has 94 valence electrons. The Morgan fingerprint density at radius 1 is 1.39 bits per heavy atom. The number of aromatic nitrogens is 1. The molecule has 1 N–H and O–H groups in total. The summed E-state index contributed by atoms with van der Waals surface area (Å²) in [4.78, 5) is 15.4. The largest absolute Gasteiger partial charge is 0.497 e. The molecule has 0 unspecified atom stereocenters. The van der Waals surface area contributed by atoms with Crippen LogP contribution in [0.3, 0.4) is 0 Å². The highest BCUT2D eigenvalue weighted by atomic mass is 16.5. The van der Waals surface area contributed by atoms with E-state index in [1.54, 1.807) is 7.11 Å². The van der Waals surface area contributed by atoms with Crippen LogP contribution in [0.1, 0.15) is 35.7 Å². The normalized spacial score (nSPS) is 10.9. The van der Waals surface area contributed by atoms with E-state index in [1.165, 1.54) is 6.20 Å². The Morgan fingerprint density at radius 3 is 2.67 bits per heavy atom. The van der Waals surface area contributed by atoms with Gasteiger partial charge in [-0.3, -0.25) is 4.98 Å². The first kappa shape index (κ1) is 12.4. The molecule has 2 aromatic rings. The van der Waals surface area contributed by atoms with Gasteiger partial charge < -0.3 is 9.84 Å². The third-order valence-corrected chi connectivity index (χ3v) is 2.93. The van der Waals surface area contributed by atoms with Gasteiger partial charge in [-0.1, -0.05) is 13.8 Å². The minimum Gasteiger partial charge on any atom is -0.497 e. The van der Waals surface area contributed by atoms with Crippen molar-refractivity contribution in [3.63, 3.8) is 0 Å². The molecule has 18 heavy (non-hydrogen) atoms. The van der Waals surface area contributed by atoms with Crippen LogP contribution in [0.15, 0.2) is 24.4 Å². The second-order valence-corrected chi connectivity index (χ2v) is 4.43. The molecule has 0 amide bonds. The predicted octanol–water partition coefficient (Wildman–Crippen LogP) is 3.07. The molecule has 0 atom stereocenters. The van der Waals surface area contributed by atoms with Gasteiger partial charge in [0.1, 0.15) is 5.75 Å². The topological polar surface area (TPSA) is 59.4 Å². The van der Waals surface area contributed by atoms with Crippen molar-refractivity contribution in [2.75, 3.05) is 7.11 Å².